The Kier molecular flexibility index (Phi) is 3.17. The van der Waals surface area contributed by atoms with Gasteiger partial charge in [-0.15, -0.1) is 0 Å². The highest BCUT2D eigenvalue weighted by molar-refractivity contribution is 5.56. The van der Waals surface area contributed by atoms with Crippen molar-refractivity contribution in [2.75, 3.05) is 38.3 Å². The molecule has 0 unspecified atom stereocenters. The van der Waals surface area contributed by atoms with Gasteiger partial charge >= 0.3 is 0 Å². The lowest BCUT2D eigenvalue weighted by molar-refractivity contribution is 0.122. The van der Waals surface area contributed by atoms with Gasteiger partial charge in [0.1, 0.15) is 5.65 Å². The monoisotopic (exact) mass is 246 g/mol. The van der Waals surface area contributed by atoms with Gasteiger partial charge in [0.05, 0.1) is 18.9 Å². The van der Waals surface area contributed by atoms with E-state index in [4.69, 9.17) is 9.72 Å². The predicted octanol–water partition coefficient (Wildman–Crippen LogP) is 0.890. The van der Waals surface area contributed by atoms with Crippen molar-refractivity contribution in [2.45, 2.75) is 6.54 Å². The van der Waals surface area contributed by atoms with Crippen LogP contribution in [0.3, 0.4) is 0 Å². The molecule has 1 aliphatic heterocycles. The summed E-state index contributed by atoms with van der Waals surface area (Å²) in [6, 6.07) is 6.11. The summed E-state index contributed by atoms with van der Waals surface area (Å²) in [5.41, 5.74) is 2.22. The molecule has 5 nitrogen and oxygen atoms in total. The van der Waals surface area contributed by atoms with Crippen molar-refractivity contribution < 1.29 is 4.74 Å². The number of nitrogens with zero attached hydrogens (tertiary/aromatic N) is 3. The zero-order chi connectivity index (χ0) is 12.4. The van der Waals surface area contributed by atoms with E-state index in [2.05, 4.69) is 20.8 Å². The fourth-order valence-corrected chi connectivity index (χ4v) is 2.39. The molecule has 0 radical (unpaired) electrons. The van der Waals surface area contributed by atoms with Crippen LogP contribution in [0.15, 0.2) is 24.4 Å². The third-order valence-corrected chi connectivity index (χ3v) is 3.26. The van der Waals surface area contributed by atoms with Crippen LogP contribution < -0.4 is 10.2 Å². The van der Waals surface area contributed by atoms with Crippen molar-refractivity contribution in [1.29, 1.82) is 0 Å². The number of morpholine rings is 1. The van der Waals surface area contributed by atoms with Crippen molar-refractivity contribution in [3.8, 4) is 0 Å². The first-order valence-electron chi connectivity index (χ1n) is 6.33. The molecular formula is C13H18N4O. The Morgan fingerprint density at radius 2 is 2.17 bits per heavy atom. The first-order chi connectivity index (χ1) is 8.90. The average Bonchev–Trinajstić information content (AvgIpc) is 2.80. The summed E-state index contributed by atoms with van der Waals surface area (Å²) in [6.45, 7) is 4.22. The van der Waals surface area contributed by atoms with Gasteiger partial charge in [-0.2, -0.15) is 0 Å². The molecule has 2 aromatic rings. The summed E-state index contributed by atoms with van der Waals surface area (Å²) in [7, 11) is 1.96. The summed E-state index contributed by atoms with van der Waals surface area (Å²) >= 11 is 0. The highest BCUT2D eigenvalue weighted by Gasteiger charge is 2.19. The molecule has 1 saturated heterocycles. The van der Waals surface area contributed by atoms with Crippen LogP contribution in [-0.2, 0) is 11.3 Å². The van der Waals surface area contributed by atoms with E-state index in [9.17, 15) is 0 Å². The second-order valence-corrected chi connectivity index (χ2v) is 4.44. The molecule has 0 saturated carbocycles. The van der Waals surface area contributed by atoms with E-state index in [-0.39, 0.29) is 0 Å². The van der Waals surface area contributed by atoms with E-state index < -0.39 is 0 Å². The average molecular weight is 246 g/mol. The number of hydrogen-bond acceptors (Lipinski definition) is 4. The standard InChI is InChI=1S/C13H18N4O/c1-14-10-11-13(16-6-8-18-9-7-16)15-12-4-2-3-5-17(11)12/h2-5,14H,6-10H2,1H3. The number of hydrogen-bond donors (Lipinski definition) is 1. The van der Waals surface area contributed by atoms with E-state index in [0.29, 0.717) is 0 Å². The SMILES string of the molecule is CNCc1c(N2CCOCC2)nc2ccccn12. The summed E-state index contributed by atoms with van der Waals surface area (Å²) in [6.07, 6.45) is 2.07. The van der Waals surface area contributed by atoms with E-state index in [1.807, 2.05) is 25.2 Å². The number of aromatic nitrogens is 2. The molecular weight excluding hydrogens is 228 g/mol. The minimum Gasteiger partial charge on any atom is -0.378 e. The quantitative estimate of drug-likeness (QED) is 0.873. The first-order valence-corrected chi connectivity index (χ1v) is 6.33. The van der Waals surface area contributed by atoms with Crippen molar-refractivity contribution >= 4 is 11.5 Å². The van der Waals surface area contributed by atoms with Gasteiger partial charge in [-0.25, -0.2) is 4.98 Å². The highest BCUT2D eigenvalue weighted by atomic mass is 16.5. The maximum atomic E-state index is 5.40. The largest absolute Gasteiger partial charge is 0.378 e. The first kappa shape index (κ1) is 11.5. The minimum absolute atomic E-state index is 0.785. The van der Waals surface area contributed by atoms with Crippen LogP contribution in [0.25, 0.3) is 5.65 Å². The number of fused-ring (bicyclic) bond motifs is 1. The molecule has 0 spiro atoms. The Hall–Kier alpha value is -1.59. The van der Waals surface area contributed by atoms with Crippen LogP contribution in [-0.4, -0.2) is 42.7 Å². The van der Waals surface area contributed by atoms with Crippen LogP contribution >= 0.6 is 0 Å². The molecule has 0 atom stereocenters. The Bertz CT molecular complexity index is 531. The normalized spacial score (nSPS) is 16.4. The number of pyridine rings is 1. The lowest BCUT2D eigenvalue weighted by Crippen LogP contribution is -2.37. The summed E-state index contributed by atoms with van der Waals surface area (Å²) < 4.78 is 7.56. The number of imidazole rings is 1. The lowest BCUT2D eigenvalue weighted by Gasteiger charge is -2.27. The molecule has 18 heavy (non-hydrogen) atoms. The molecule has 2 aromatic heterocycles. The molecule has 96 valence electrons. The van der Waals surface area contributed by atoms with E-state index in [1.54, 1.807) is 0 Å². The van der Waals surface area contributed by atoms with Crippen molar-refractivity contribution in [3.63, 3.8) is 0 Å². The molecule has 1 fully saturated rings. The maximum absolute atomic E-state index is 5.40. The third kappa shape index (κ3) is 1.95. The van der Waals surface area contributed by atoms with Gasteiger partial charge in [0.15, 0.2) is 5.82 Å². The van der Waals surface area contributed by atoms with Gasteiger partial charge in [0, 0.05) is 25.8 Å². The Labute approximate surface area is 106 Å². The molecule has 1 N–H and O–H groups in total. The molecule has 0 bridgehead atoms. The zero-order valence-corrected chi connectivity index (χ0v) is 10.6. The Morgan fingerprint density at radius 1 is 1.33 bits per heavy atom. The van der Waals surface area contributed by atoms with Crippen molar-refractivity contribution in [1.82, 2.24) is 14.7 Å². The Morgan fingerprint density at radius 3 is 2.94 bits per heavy atom. The summed E-state index contributed by atoms with van der Waals surface area (Å²) in [4.78, 5) is 7.06. The van der Waals surface area contributed by atoms with E-state index in [1.165, 1.54) is 5.69 Å². The molecule has 3 heterocycles. The molecule has 0 aliphatic carbocycles. The second kappa shape index (κ2) is 4.96. The van der Waals surface area contributed by atoms with Crippen LogP contribution in [0.1, 0.15) is 5.69 Å². The summed E-state index contributed by atoms with van der Waals surface area (Å²) in [5, 5.41) is 3.22. The van der Waals surface area contributed by atoms with Gasteiger partial charge in [0.25, 0.3) is 0 Å². The van der Waals surface area contributed by atoms with Crippen LogP contribution in [0.5, 0.6) is 0 Å². The molecule has 0 aromatic carbocycles. The predicted molar refractivity (Wildman–Crippen MR) is 71.0 cm³/mol. The zero-order valence-electron chi connectivity index (χ0n) is 10.6. The number of nitrogens with one attached hydrogen (secondary N) is 1. The molecule has 0 amide bonds. The van der Waals surface area contributed by atoms with Gasteiger partial charge in [0.2, 0.25) is 0 Å². The molecule has 5 heteroatoms. The fourth-order valence-electron chi connectivity index (χ4n) is 2.39. The second-order valence-electron chi connectivity index (χ2n) is 4.44. The maximum Gasteiger partial charge on any atom is 0.152 e. The number of anilines is 1. The molecule has 1 aliphatic rings. The van der Waals surface area contributed by atoms with Gasteiger partial charge in [-0.3, -0.25) is 0 Å². The minimum atomic E-state index is 0.785. The number of rotatable bonds is 3. The fraction of sp³-hybridized carbons (Fsp3) is 0.462. The topological polar surface area (TPSA) is 41.8 Å². The van der Waals surface area contributed by atoms with Gasteiger partial charge in [-0.1, -0.05) is 6.07 Å². The third-order valence-electron chi connectivity index (χ3n) is 3.26. The van der Waals surface area contributed by atoms with Gasteiger partial charge in [-0.05, 0) is 19.2 Å². The number of ether oxygens (including phenoxy) is 1. The van der Waals surface area contributed by atoms with Crippen molar-refractivity contribution in [3.05, 3.63) is 30.1 Å². The van der Waals surface area contributed by atoms with Crippen molar-refractivity contribution in [2.24, 2.45) is 0 Å². The van der Waals surface area contributed by atoms with Crippen LogP contribution in [0.4, 0.5) is 5.82 Å². The lowest BCUT2D eigenvalue weighted by atomic mass is 10.3. The van der Waals surface area contributed by atoms with E-state index in [0.717, 1.165) is 44.3 Å². The van der Waals surface area contributed by atoms with Gasteiger partial charge < -0.3 is 19.4 Å². The molecule has 3 rings (SSSR count). The van der Waals surface area contributed by atoms with Crippen LogP contribution in [0.2, 0.25) is 0 Å². The smallest absolute Gasteiger partial charge is 0.152 e. The Balaban J connectivity index is 2.05. The highest BCUT2D eigenvalue weighted by Crippen LogP contribution is 2.22. The van der Waals surface area contributed by atoms with E-state index >= 15 is 0 Å². The summed E-state index contributed by atoms with van der Waals surface area (Å²) in [5.74, 6) is 1.08. The van der Waals surface area contributed by atoms with Crippen LogP contribution in [0, 0.1) is 0 Å².